The zero-order valence-corrected chi connectivity index (χ0v) is 14.9. The van der Waals surface area contributed by atoms with E-state index in [1.54, 1.807) is 29.2 Å². The average Bonchev–Trinajstić information content (AvgIpc) is 3.31. The summed E-state index contributed by atoms with van der Waals surface area (Å²) in [5, 5.41) is 10.5. The average molecular weight is 364 g/mol. The molecule has 8 nitrogen and oxygen atoms in total. The lowest BCUT2D eigenvalue weighted by atomic mass is 9.90. The van der Waals surface area contributed by atoms with E-state index in [4.69, 9.17) is 4.74 Å². The number of carbonyl (C=O) groups excluding carboxylic acids is 1. The van der Waals surface area contributed by atoms with Crippen molar-refractivity contribution < 1.29 is 9.53 Å². The van der Waals surface area contributed by atoms with Crippen molar-refractivity contribution in [1.29, 1.82) is 0 Å². The summed E-state index contributed by atoms with van der Waals surface area (Å²) in [6, 6.07) is 7.24. The fraction of sp³-hybridized carbons (Fsp3) is 0.263. The molecule has 1 fully saturated rings. The minimum atomic E-state index is -0.154. The molecule has 0 aliphatic carbocycles. The molecular weight excluding hydrogens is 344 g/mol. The van der Waals surface area contributed by atoms with Crippen molar-refractivity contribution in [3.8, 4) is 11.6 Å². The number of benzene rings is 1. The fourth-order valence-corrected chi connectivity index (χ4v) is 3.27. The number of ether oxygens (including phenoxy) is 1. The van der Waals surface area contributed by atoms with E-state index in [0.717, 1.165) is 12.1 Å². The number of nitrogens with one attached hydrogen (secondary N) is 2. The molecule has 1 aliphatic rings. The minimum absolute atomic E-state index is 0.0227. The molecule has 1 aliphatic heterocycles. The Labute approximate surface area is 156 Å². The zero-order valence-electron chi connectivity index (χ0n) is 14.9. The fourth-order valence-electron chi connectivity index (χ4n) is 3.27. The monoisotopic (exact) mass is 364 g/mol. The molecule has 4 rings (SSSR count). The van der Waals surface area contributed by atoms with Crippen molar-refractivity contribution in [2.24, 2.45) is 13.0 Å². The van der Waals surface area contributed by atoms with E-state index in [2.05, 4.69) is 25.7 Å². The van der Waals surface area contributed by atoms with Gasteiger partial charge in [-0.25, -0.2) is 4.98 Å². The first kappa shape index (κ1) is 17.2. The predicted octanol–water partition coefficient (Wildman–Crippen LogP) is 1.94. The normalized spacial score (nSPS) is 19.0. The maximum Gasteiger partial charge on any atom is 0.237 e. The van der Waals surface area contributed by atoms with Gasteiger partial charge in [-0.1, -0.05) is 6.07 Å². The molecule has 1 amide bonds. The predicted molar refractivity (Wildman–Crippen MR) is 99.5 cm³/mol. The Morgan fingerprint density at radius 2 is 2.22 bits per heavy atom. The van der Waals surface area contributed by atoms with E-state index in [1.807, 2.05) is 31.6 Å². The number of aryl methyl sites for hydroxylation is 1. The van der Waals surface area contributed by atoms with E-state index in [9.17, 15) is 4.79 Å². The van der Waals surface area contributed by atoms with Crippen molar-refractivity contribution in [2.45, 2.75) is 5.92 Å². The standard InChI is InChI=1S/C19H20N6O2/c1-25-12-13(8-23-25)16-9-21-10-17(16)19(26)24-14-3-2-4-15(7-14)27-18-11-20-5-6-22-18/h2-8,11-12,16-17,21H,9-10H2,1H3,(H,24,26)/t16-,17+/m1/s1. The third kappa shape index (κ3) is 3.95. The van der Waals surface area contributed by atoms with Gasteiger partial charge in [0, 0.05) is 56.4 Å². The quantitative estimate of drug-likeness (QED) is 0.719. The maximum absolute atomic E-state index is 12.8. The maximum atomic E-state index is 12.8. The van der Waals surface area contributed by atoms with Crippen LogP contribution in [0, 0.1) is 5.92 Å². The van der Waals surface area contributed by atoms with Crippen LogP contribution in [0.2, 0.25) is 0 Å². The topological polar surface area (TPSA) is 94.0 Å². The van der Waals surface area contributed by atoms with Crippen molar-refractivity contribution in [3.63, 3.8) is 0 Å². The summed E-state index contributed by atoms with van der Waals surface area (Å²) in [6.07, 6.45) is 8.47. The van der Waals surface area contributed by atoms with Crippen molar-refractivity contribution >= 4 is 11.6 Å². The minimum Gasteiger partial charge on any atom is -0.437 e. The third-order valence-corrected chi connectivity index (χ3v) is 4.57. The molecule has 1 aromatic carbocycles. The number of hydrogen-bond acceptors (Lipinski definition) is 6. The SMILES string of the molecule is Cn1cc([C@H]2CNC[C@@H]2C(=O)Nc2cccc(Oc3cnccn3)c2)cn1. The third-order valence-electron chi connectivity index (χ3n) is 4.57. The molecule has 2 N–H and O–H groups in total. The molecular formula is C19H20N6O2. The van der Waals surface area contributed by atoms with Gasteiger partial charge in [-0.15, -0.1) is 0 Å². The Morgan fingerprint density at radius 1 is 1.30 bits per heavy atom. The van der Waals surface area contributed by atoms with E-state index < -0.39 is 0 Å². The molecule has 2 atom stereocenters. The first-order valence-electron chi connectivity index (χ1n) is 8.73. The highest BCUT2D eigenvalue weighted by molar-refractivity contribution is 5.93. The number of anilines is 1. The molecule has 1 saturated heterocycles. The molecule has 138 valence electrons. The lowest BCUT2D eigenvalue weighted by Crippen LogP contribution is -2.28. The number of rotatable bonds is 5. The molecule has 0 unspecified atom stereocenters. The molecule has 0 radical (unpaired) electrons. The van der Waals surface area contributed by atoms with Gasteiger partial charge in [0.1, 0.15) is 5.75 Å². The summed E-state index contributed by atoms with van der Waals surface area (Å²) in [7, 11) is 1.88. The van der Waals surface area contributed by atoms with E-state index in [-0.39, 0.29) is 17.7 Å². The van der Waals surface area contributed by atoms with Crippen molar-refractivity contribution in [2.75, 3.05) is 18.4 Å². The first-order chi connectivity index (χ1) is 13.2. The summed E-state index contributed by atoms with van der Waals surface area (Å²) in [5.41, 5.74) is 1.75. The summed E-state index contributed by atoms with van der Waals surface area (Å²) in [6.45, 7) is 1.40. The highest BCUT2D eigenvalue weighted by Gasteiger charge is 2.34. The van der Waals surface area contributed by atoms with Gasteiger partial charge in [-0.05, 0) is 17.7 Å². The number of hydrogen-bond donors (Lipinski definition) is 2. The molecule has 2 aromatic heterocycles. The molecule has 0 bridgehead atoms. The van der Waals surface area contributed by atoms with E-state index in [0.29, 0.717) is 23.9 Å². The van der Waals surface area contributed by atoms with Gasteiger partial charge in [0.25, 0.3) is 0 Å². The Bertz CT molecular complexity index is 927. The van der Waals surface area contributed by atoms with Gasteiger partial charge >= 0.3 is 0 Å². The van der Waals surface area contributed by atoms with Crippen molar-refractivity contribution in [3.05, 3.63) is 60.8 Å². The molecule has 0 saturated carbocycles. The van der Waals surface area contributed by atoms with Gasteiger partial charge < -0.3 is 15.4 Å². The summed E-state index contributed by atoms with van der Waals surface area (Å²) >= 11 is 0. The second-order valence-corrected chi connectivity index (χ2v) is 6.48. The van der Waals surface area contributed by atoms with Crippen LogP contribution in [0.3, 0.4) is 0 Å². The van der Waals surface area contributed by atoms with Crippen LogP contribution in [0.5, 0.6) is 11.6 Å². The summed E-state index contributed by atoms with van der Waals surface area (Å²) in [5.74, 6) is 0.918. The van der Waals surface area contributed by atoms with E-state index >= 15 is 0 Å². The Kier molecular flexibility index (Phi) is 4.80. The van der Waals surface area contributed by atoms with Crippen LogP contribution in [-0.4, -0.2) is 38.7 Å². The smallest absolute Gasteiger partial charge is 0.237 e. The zero-order chi connectivity index (χ0) is 18.6. The molecule has 0 spiro atoms. The number of carbonyl (C=O) groups is 1. The Hall–Kier alpha value is -3.26. The number of nitrogens with zero attached hydrogens (tertiary/aromatic N) is 4. The Balaban J connectivity index is 1.45. The van der Waals surface area contributed by atoms with Crippen LogP contribution in [-0.2, 0) is 11.8 Å². The second kappa shape index (κ2) is 7.55. The van der Waals surface area contributed by atoms with Gasteiger partial charge in [0.05, 0.1) is 18.3 Å². The second-order valence-electron chi connectivity index (χ2n) is 6.48. The van der Waals surface area contributed by atoms with Gasteiger partial charge in [-0.3, -0.25) is 14.5 Å². The molecule has 3 aromatic rings. The van der Waals surface area contributed by atoms with Gasteiger partial charge in [0.15, 0.2) is 0 Å². The molecule has 27 heavy (non-hydrogen) atoms. The van der Waals surface area contributed by atoms with Crippen LogP contribution in [0.1, 0.15) is 11.5 Å². The van der Waals surface area contributed by atoms with Gasteiger partial charge in [0.2, 0.25) is 11.8 Å². The highest BCUT2D eigenvalue weighted by atomic mass is 16.5. The largest absolute Gasteiger partial charge is 0.437 e. The summed E-state index contributed by atoms with van der Waals surface area (Å²) < 4.78 is 7.43. The van der Waals surface area contributed by atoms with Gasteiger partial charge in [-0.2, -0.15) is 5.10 Å². The number of amides is 1. The summed E-state index contributed by atoms with van der Waals surface area (Å²) in [4.78, 5) is 20.9. The molecule has 8 heteroatoms. The van der Waals surface area contributed by atoms with Crippen LogP contribution in [0.15, 0.2) is 55.2 Å². The van der Waals surface area contributed by atoms with Crippen molar-refractivity contribution in [1.82, 2.24) is 25.1 Å². The van der Waals surface area contributed by atoms with Crippen LogP contribution in [0.4, 0.5) is 5.69 Å². The Morgan fingerprint density at radius 3 is 3.00 bits per heavy atom. The highest BCUT2D eigenvalue weighted by Crippen LogP contribution is 2.29. The van der Waals surface area contributed by atoms with Crippen LogP contribution in [0.25, 0.3) is 0 Å². The van der Waals surface area contributed by atoms with Crippen LogP contribution >= 0.6 is 0 Å². The lowest BCUT2D eigenvalue weighted by Gasteiger charge is -2.17. The first-order valence-corrected chi connectivity index (χ1v) is 8.73. The number of aromatic nitrogens is 4. The van der Waals surface area contributed by atoms with E-state index in [1.165, 1.54) is 6.20 Å². The van der Waals surface area contributed by atoms with Crippen LogP contribution < -0.4 is 15.4 Å². The molecule has 3 heterocycles. The lowest BCUT2D eigenvalue weighted by molar-refractivity contribution is -0.119.